The molecule has 1 atom stereocenters. The van der Waals surface area contributed by atoms with E-state index >= 15 is 0 Å². The molecule has 0 aliphatic heterocycles. The van der Waals surface area contributed by atoms with Gasteiger partial charge < -0.3 is 0 Å². The average molecular weight is 172 g/mol. The highest BCUT2D eigenvalue weighted by molar-refractivity contribution is 4.63. The monoisotopic (exact) mass is 172 g/mol. The van der Waals surface area contributed by atoms with Crippen LogP contribution in [0.25, 0.3) is 0 Å². The van der Waals surface area contributed by atoms with Crippen LogP contribution >= 0.6 is 0 Å². The van der Waals surface area contributed by atoms with Crippen LogP contribution in [0.5, 0.6) is 0 Å². The van der Waals surface area contributed by atoms with Crippen LogP contribution in [0.4, 0.5) is 0 Å². The van der Waals surface area contributed by atoms with Gasteiger partial charge in [-0.25, -0.2) is 0 Å². The molecule has 12 heavy (non-hydrogen) atoms. The Bertz CT molecular complexity index is 100. The van der Waals surface area contributed by atoms with Gasteiger partial charge in [0.05, 0.1) is 6.17 Å². The summed E-state index contributed by atoms with van der Waals surface area (Å²) in [6.45, 7) is 12.4. The third-order valence-electron chi connectivity index (χ3n) is 2.56. The SMILES string of the molecule is CCCN(C)C(C)N(CC)CC. The molecule has 0 aromatic carbocycles. The maximum atomic E-state index is 2.47. The molecule has 0 heterocycles. The van der Waals surface area contributed by atoms with Gasteiger partial charge in [-0.2, -0.15) is 0 Å². The summed E-state index contributed by atoms with van der Waals surface area (Å²) >= 11 is 0. The van der Waals surface area contributed by atoms with Crippen molar-refractivity contribution in [2.24, 2.45) is 0 Å². The van der Waals surface area contributed by atoms with Gasteiger partial charge in [-0.1, -0.05) is 20.8 Å². The van der Waals surface area contributed by atoms with Crippen LogP contribution in [0.2, 0.25) is 0 Å². The average Bonchev–Trinajstić information content (AvgIpc) is 2.07. The van der Waals surface area contributed by atoms with Gasteiger partial charge in [0.15, 0.2) is 0 Å². The van der Waals surface area contributed by atoms with Crippen molar-refractivity contribution in [1.29, 1.82) is 0 Å². The summed E-state index contributed by atoms with van der Waals surface area (Å²) in [5, 5.41) is 0. The minimum atomic E-state index is 0.583. The molecule has 0 spiro atoms. The lowest BCUT2D eigenvalue weighted by Gasteiger charge is -2.33. The molecule has 0 fully saturated rings. The summed E-state index contributed by atoms with van der Waals surface area (Å²) in [5.41, 5.74) is 0. The molecule has 0 rings (SSSR count). The minimum absolute atomic E-state index is 0.583. The Labute approximate surface area is 77.5 Å². The zero-order valence-corrected chi connectivity index (χ0v) is 9.30. The quantitative estimate of drug-likeness (QED) is 0.566. The maximum Gasteiger partial charge on any atom is 0.0590 e. The van der Waals surface area contributed by atoms with Crippen LogP contribution < -0.4 is 0 Å². The van der Waals surface area contributed by atoms with Crippen molar-refractivity contribution in [1.82, 2.24) is 9.80 Å². The largest absolute Gasteiger partial charge is 0.291 e. The van der Waals surface area contributed by atoms with E-state index < -0.39 is 0 Å². The number of hydrogen-bond donors (Lipinski definition) is 0. The lowest BCUT2D eigenvalue weighted by atomic mass is 10.3. The second-order valence-corrected chi connectivity index (χ2v) is 3.33. The highest BCUT2D eigenvalue weighted by Crippen LogP contribution is 2.03. The normalized spacial score (nSPS) is 14.2. The van der Waals surface area contributed by atoms with Gasteiger partial charge in [0.1, 0.15) is 0 Å². The molecule has 0 amide bonds. The van der Waals surface area contributed by atoms with Crippen LogP contribution in [-0.2, 0) is 0 Å². The molecule has 0 aromatic rings. The molecule has 0 saturated heterocycles. The van der Waals surface area contributed by atoms with E-state index in [1.165, 1.54) is 13.0 Å². The molecule has 2 nitrogen and oxygen atoms in total. The lowest BCUT2D eigenvalue weighted by Crippen LogP contribution is -2.44. The minimum Gasteiger partial charge on any atom is -0.291 e. The molecule has 0 saturated carbocycles. The predicted octanol–water partition coefficient (Wildman–Crippen LogP) is 2.02. The highest BCUT2D eigenvalue weighted by atomic mass is 15.3. The highest BCUT2D eigenvalue weighted by Gasteiger charge is 2.13. The molecule has 0 bridgehead atoms. The van der Waals surface area contributed by atoms with Crippen molar-refractivity contribution in [3.8, 4) is 0 Å². The van der Waals surface area contributed by atoms with Gasteiger partial charge in [0.2, 0.25) is 0 Å². The summed E-state index contributed by atoms with van der Waals surface area (Å²) in [5.74, 6) is 0. The third kappa shape index (κ3) is 3.55. The first-order chi connectivity index (χ1) is 5.67. The second-order valence-electron chi connectivity index (χ2n) is 3.33. The maximum absolute atomic E-state index is 2.47. The molecular weight excluding hydrogens is 148 g/mol. The van der Waals surface area contributed by atoms with Gasteiger partial charge in [0.25, 0.3) is 0 Å². The molecule has 74 valence electrons. The topological polar surface area (TPSA) is 6.48 Å². The van der Waals surface area contributed by atoms with Gasteiger partial charge in [-0.3, -0.25) is 9.80 Å². The van der Waals surface area contributed by atoms with Crippen LogP contribution in [0.15, 0.2) is 0 Å². The summed E-state index contributed by atoms with van der Waals surface area (Å²) in [6, 6.07) is 0. The summed E-state index contributed by atoms with van der Waals surface area (Å²) < 4.78 is 0. The van der Waals surface area contributed by atoms with E-state index in [0.29, 0.717) is 6.17 Å². The van der Waals surface area contributed by atoms with E-state index in [4.69, 9.17) is 0 Å². The van der Waals surface area contributed by atoms with Crippen molar-refractivity contribution in [2.75, 3.05) is 26.7 Å². The Morgan fingerprint density at radius 1 is 1.08 bits per heavy atom. The van der Waals surface area contributed by atoms with Gasteiger partial charge in [-0.05, 0) is 40.0 Å². The third-order valence-corrected chi connectivity index (χ3v) is 2.56. The number of rotatable bonds is 6. The molecular formula is C10H24N2. The van der Waals surface area contributed by atoms with E-state index in [1.807, 2.05) is 0 Å². The smallest absolute Gasteiger partial charge is 0.0590 e. The Balaban J connectivity index is 3.87. The molecule has 0 aliphatic rings. The first kappa shape index (κ1) is 11.9. The second kappa shape index (κ2) is 6.44. The first-order valence-corrected chi connectivity index (χ1v) is 5.11. The Morgan fingerprint density at radius 3 is 1.92 bits per heavy atom. The van der Waals surface area contributed by atoms with E-state index in [-0.39, 0.29) is 0 Å². The molecule has 0 N–H and O–H groups in total. The fourth-order valence-corrected chi connectivity index (χ4v) is 1.57. The number of nitrogens with zero attached hydrogens (tertiary/aromatic N) is 2. The molecule has 2 heteroatoms. The van der Waals surface area contributed by atoms with Crippen molar-refractivity contribution in [3.63, 3.8) is 0 Å². The van der Waals surface area contributed by atoms with Crippen LogP contribution in [-0.4, -0.2) is 42.6 Å². The zero-order valence-electron chi connectivity index (χ0n) is 9.30. The van der Waals surface area contributed by atoms with Crippen LogP contribution in [0.1, 0.15) is 34.1 Å². The summed E-state index contributed by atoms with van der Waals surface area (Å²) in [7, 11) is 2.20. The van der Waals surface area contributed by atoms with E-state index in [2.05, 4.69) is 44.5 Å². The van der Waals surface area contributed by atoms with Crippen molar-refractivity contribution < 1.29 is 0 Å². The summed E-state index contributed by atoms with van der Waals surface area (Å²) in [4.78, 5) is 4.88. The Morgan fingerprint density at radius 2 is 1.58 bits per heavy atom. The Hall–Kier alpha value is -0.0800. The molecule has 0 radical (unpaired) electrons. The van der Waals surface area contributed by atoms with Gasteiger partial charge in [0, 0.05) is 0 Å². The van der Waals surface area contributed by atoms with Crippen LogP contribution in [0, 0.1) is 0 Å². The van der Waals surface area contributed by atoms with Gasteiger partial charge in [-0.15, -0.1) is 0 Å². The molecule has 0 aromatic heterocycles. The van der Waals surface area contributed by atoms with E-state index in [0.717, 1.165) is 13.1 Å². The van der Waals surface area contributed by atoms with E-state index in [1.54, 1.807) is 0 Å². The van der Waals surface area contributed by atoms with Crippen LogP contribution in [0.3, 0.4) is 0 Å². The van der Waals surface area contributed by atoms with Crippen molar-refractivity contribution in [2.45, 2.75) is 40.3 Å². The standard InChI is InChI=1S/C10H24N2/c1-6-9-11(5)10(4)12(7-2)8-3/h10H,6-9H2,1-5H3. The molecule has 0 aliphatic carbocycles. The number of hydrogen-bond acceptors (Lipinski definition) is 2. The van der Waals surface area contributed by atoms with Gasteiger partial charge >= 0.3 is 0 Å². The zero-order chi connectivity index (χ0) is 9.56. The van der Waals surface area contributed by atoms with Crippen molar-refractivity contribution in [3.05, 3.63) is 0 Å². The first-order valence-electron chi connectivity index (χ1n) is 5.11. The Kier molecular flexibility index (Phi) is 6.39. The fourth-order valence-electron chi connectivity index (χ4n) is 1.57. The summed E-state index contributed by atoms with van der Waals surface area (Å²) in [6.07, 6.45) is 1.82. The molecule has 1 unspecified atom stereocenters. The van der Waals surface area contributed by atoms with E-state index in [9.17, 15) is 0 Å². The lowest BCUT2D eigenvalue weighted by molar-refractivity contribution is 0.0840. The predicted molar refractivity (Wildman–Crippen MR) is 55.3 cm³/mol. The van der Waals surface area contributed by atoms with Crippen molar-refractivity contribution >= 4 is 0 Å². The fraction of sp³-hybridized carbons (Fsp3) is 1.00.